The Morgan fingerprint density at radius 1 is 1.17 bits per heavy atom. The average molecular weight is 253 g/mol. The highest BCUT2D eigenvalue weighted by atomic mass is 19.2. The summed E-state index contributed by atoms with van der Waals surface area (Å²) in [7, 11) is 0. The van der Waals surface area contributed by atoms with Crippen LogP contribution in [0, 0.1) is 11.6 Å². The minimum absolute atomic E-state index is 0.0344. The van der Waals surface area contributed by atoms with Crippen molar-refractivity contribution in [1.82, 2.24) is 0 Å². The van der Waals surface area contributed by atoms with E-state index >= 15 is 0 Å². The van der Waals surface area contributed by atoms with Crippen molar-refractivity contribution in [3.05, 3.63) is 50.3 Å². The van der Waals surface area contributed by atoms with Crippen molar-refractivity contribution in [3.8, 4) is 5.75 Å². The molecule has 0 saturated carbocycles. The molecular formula is C12H9F2NO3. The minimum atomic E-state index is -1.04. The third kappa shape index (κ3) is 1.97. The summed E-state index contributed by atoms with van der Waals surface area (Å²) in [5.41, 5.74) is -1.32. The van der Waals surface area contributed by atoms with Gasteiger partial charge in [0.25, 0.3) is 10.9 Å². The zero-order chi connectivity index (χ0) is 13.3. The van der Waals surface area contributed by atoms with Gasteiger partial charge in [0, 0.05) is 11.8 Å². The second-order valence-electron chi connectivity index (χ2n) is 3.55. The normalized spacial score (nSPS) is 10.6. The molecule has 0 aromatic heterocycles. The predicted molar refractivity (Wildman–Crippen MR) is 62.2 cm³/mol. The van der Waals surface area contributed by atoms with Gasteiger partial charge in [-0.25, -0.2) is 8.78 Å². The number of rotatable bonds is 4. The predicted octanol–water partition coefficient (Wildman–Crippen LogP) is 1.70. The van der Waals surface area contributed by atoms with Crippen molar-refractivity contribution in [3.63, 3.8) is 0 Å². The fourth-order valence-corrected chi connectivity index (χ4v) is 1.48. The Balaban J connectivity index is 2.29. The number of hydrogen-bond donors (Lipinski definition) is 1. The van der Waals surface area contributed by atoms with E-state index in [-0.39, 0.29) is 23.7 Å². The van der Waals surface area contributed by atoms with Crippen LogP contribution >= 0.6 is 0 Å². The van der Waals surface area contributed by atoms with E-state index in [9.17, 15) is 18.4 Å². The second-order valence-corrected chi connectivity index (χ2v) is 3.55. The Hall–Kier alpha value is -2.24. The third-order valence-corrected chi connectivity index (χ3v) is 2.34. The summed E-state index contributed by atoms with van der Waals surface area (Å²) >= 11 is 0. The molecule has 0 aliphatic rings. The highest BCUT2D eigenvalue weighted by molar-refractivity contribution is 5.69. The lowest BCUT2D eigenvalue weighted by Gasteiger charge is -2.13. The van der Waals surface area contributed by atoms with E-state index in [2.05, 4.69) is 5.32 Å². The minimum Gasteiger partial charge on any atom is -0.488 e. The Morgan fingerprint density at radius 3 is 2.50 bits per heavy atom. The van der Waals surface area contributed by atoms with Gasteiger partial charge in [-0.2, -0.15) is 0 Å². The van der Waals surface area contributed by atoms with E-state index in [1.165, 1.54) is 6.07 Å². The molecule has 0 heterocycles. The molecule has 2 aromatic carbocycles. The molecule has 6 heteroatoms. The van der Waals surface area contributed by atoms with E-state index in [1.807, 2.05) is 0 Å². The molecule has 0 saturated heterocycles. The number of nitrogens with one attached hydrogen (secondary N) is 1. The lowest BCUT2D eigenvalue weighted by Crippen LogP contribution is -2.35. The maximum Gasteiger partial charge on any atom is 0.272 e. The molecule has 0 atom stereocenters. The maximum absolute atomic E-state index is 13.0. The van der Waals surface area contributed by atoms with Crippen LogP contribution in [0.4, 0.5) is 20.2 Å². The van der Waals surface area contributed by atoms with Gasteiger partial charge >= 0.3 is 0 Å². The van der Waals surface area contributed by atoms with Crippen molar-refractivity contribution in [1.29, 1.82) is 0 Å². The molecule has 2 aromatic rings. The first-order valence-electron chi connectivity index (χ1n) is 5.22. The van der Waals surface area contributed by atoms with Gasteiger partial charge in [0.1, 0.15) is 5.69 Å². The quantitative estimate of drug-likeness (QED) is 0.843. The number of benzene rings is 1. The lowest BCUT2D eigenvalue weighted by atomic mass is 10.2. The molecule has 0 aliphatic heterocycles. The second kappa shape index (κ2) is 4.56. The Labute approximate surface area is 101 Å². The van der Waals surface area contributed by atoms with Gasteiger partial charge in [0.2, 0.25) is 0 Å². The van der Waals surface area contributed by atoms with Crippen LogP contribution in [0.15, 0.2) is 27.8 Å². The van der Waals surface area contributed by atoms with Crippen LogP contribution in [0.1, 0.15) is 6.92 Å². The first kappa shape index (κ1) is 12.2. The maximum atomic E-state index is 13.0. The molecule has 2 rings (SSSR count). The van der Waals surface area contributed by atoms with Crippen molar-refractivity contribution in [2.75, 3.05) is 11.9 Å². The smallest absolute Gasteiger partial charge is 0.272 e. The Morgan fingerprint density at radius 2 is 1.89 bits per heavy atom. The van der Waals surface area contributed by atoms with E-state index in [4.69, 9.17) is 4.74 Å². The summed E-state index contributed by atoms with van der Waals surface area (Å²) in [6, 6.07) is 3.07. The fourth-order valence-electron chi connectivity index (χ4n) is 1.48. The van der Waals surface area contributed by atoms with E-state index < -0.39 is 22.5 Å². The van der Waals surface area contributed by atoms with Crippen LogP contribution < -0.4 is 20.9 Å². The van der Waals surface area contributed by atoms with E-state index in [0.717, 1.165) is 12.1 Å². The summed E-state index contributed by atoms with van der Waals surface area (Å²) in [5.74, 6) is -2.11. The largest absolute Gasteiger partial charge is 0.488 e. The first-order valence-corrected chi connectivity index (χ1v) is 5.22. The van der Waals surface area contributed by atoms with Gasteiger partial charge < -0.3 is 10.1 Å². The molecule has 0 aliphatic carbocycles. The van der Waals surface area contributed by atoms with Crippen LogP contribution in [-0.2, 0) is 0 Å². The summed E-state index contributed by atoms with van der Waals surface area (Å²) in [5, 5.41) is 2.54. The van der Waals surface area contributed by atoms with Gasteiger partial charge in [0.05, 0.1) is 6.61 Å². The highest BCUT2D eigenvalue weighted by Gasteiger charge is 2.22. The molecule has 0 spiro atoms. The fraction of sp³-hybridized carbons (Fsp3) is 0.167. The summed E-state index contributed by atoms with van der Waals surface area (Å²) < 4.78 is 30.6. The molecule has 0 radical (unpaired) electrons. The van der Waals surface area contributed by atoms with Gasteiger partial charge in [-0.3, -0.25) is 9.59 Å². The lowest BCUT2D eigenvalue weighted by molar-refractivity contribution is 0.335. The van der Waals surface area contributed by atoms with Crippen LogP contribution in [0.3, 0.4) is 0 Å². The van der Waals surface area contributed by atoms with Crippen molar-refractivity contribution >= 4 is 11.4 Å². The molecule has 18 heavy (non-hydrogen) atoms. The van der Waals surface area contributed by atoms with E-state index in [1.54, 1.807) is 6.92 Å². The first-order chi connectivity index (χ1) is 8.54. The van der Waals surface area contributed by atoms with Crippen LogP contribution in [-0.4, -0.2) is 6.61 Å². The van der Waals surface area contributed by atoms with Gasteiger partial charge in [-0.05, 0) is 19.1 Å². The SMILES string of the molecule is CCOc1c(Nc2ccc(F)c(F)c2)c(=O)c1=O. The summed E-state index contributed by atoms with van der Waals surface area (Å²) in [6.07, 6.45) is 0. The highest BCUT2D eigenvalue weighted by Crippen LogP contribution is 2.23. The molecule has 0 bridgehead atoms. The van der Waals surface area contributed by atoms with Crippen LogP contribution in [0.5, 0.6) is 5.75 Å². The Kier molecular flexibility index (Phi) is 3.10. The monoisotopic (exact) mass is 253 g/mol. The van der Waals surface area contributed by atoms with E-state index in [0.29, 0.717) is 0 Å². The van der Waals surface area contributed by atoms with Crippen molar-refractivity contribution in [2.24, 2.45) is 0 Å². The van der Waals surface area contributed by atoms with Crippen LogP contribution in [0.25, 0.3) is 0 Å². The third-order valence-electron chi connectivity index (χ3n) is 2.34. The van der Waals surface area contributed by atoms with Crippen molar-refractivity contribution < 1.29 is 13.5 Å². The molecule has 1 N–H and O–H groups in total. The molecule has 0 unspecified atom stereocenters. The number of anilines is 2. The number of ether oxygens (including phenoxy) is 1. The molecule has 0 amide bonds. The zero-order valence-electron chi connectivity index (χ0n) is 9.42. The average Bonchev–Trinajstić information content (AvgIpc) is 2.37. The van der Waals surface area contributed by atoms with Crippen molar-refractivity contribution in [2.45, 2.75) is 6.92 Å². The number of hydrogen-bond acceptors (Lipinski definition) is 4. The summed E-state index contributed by atoms with van der Waals surface area (Å²) in [4.78, 5) is 22.5. The zero-order valence-corrected chi connectivity index (χ0v) is 9.42. The number of halogens is 2. The molecular weight excluding hydrogens is 244 g/mol. The standard InChI is InChI=1S/C12H9F2NO3/c1-2-18-12-9(10(16)11(12)17)15-6-3-4-7(13)8(14)5-6/h3-5,15H,2H2,1H3. The van der Waals surface area contributed by atoms with Gasteiger partial charge in [-0.15, -0.1) is 0 Å². The molecule has 94 valence electrons. The molecule has 4 nitrogen and oxygen atoms in total. The Bertz CT molecular complexity index is 660. The van der Waals surface area contributed by atoms with Crippen LogP contribution in [0.2, 0.25) is 0 Å². The molecule has 0 fully saturated rings. The van der Waals surface area contributed by atoms with Gasteiger partial charge in [-0.1, -0.05) is 0 Å². The summed E-state index contributed by atoms with van der Waals surface area (Å²) in [6.45, 7) is 1.90. The topological polar surface area (TPSA) is 55.4 Å². The van der Waals surface area contributed by atoms with Gasteiger partial charge in [0.15, 0.2) is 17.4 Å².